The zero-order chi connectivity index (χ0) is 11.2. The second kappa shape index (κ2) is 5.72. The zero-order valence-corrected chi connectivity index (χ0v) is 10.1. The second-order valence-electron chi connectivity index (χ2n) is 3.38. The van der Waals surface area contributed by atoms with E-state index in [2.05, 4.69) is 46.5 Å². The summed E-state index contributed by atoms with van der Waals surface area (Å²) in [4.78, 5) is 8.57. The van der Waals surface area contributed by atoms with Gasteiger partial charge in [0.2, 0.25) is 0 Å². The van der Waals surface area contributed by atoms with E-state index in [9.17, 15) is 0 Å². The van der Waals surface area contributed by atoms with Gasteiger partial charge in [0.1, 0.15) is 0 Å². The minimum absolute atomic E-state index is 0.903. The molecule has 0 fully saturated rings. The largest absolute Gasteiger partial charge is 0.339 e. The van der Waals surface area contributed by atoms with Crippen LogP contribution < -0.4 is 5.32 Å². The molecule has 16 heavy (non-hydrogen) atoms. The lowest BCUT2D eigenvalue weighted by atomic mass is 10.2. The van der Waals surface area contributed by atoms with Crippen molar-refractivity contribution in [2.75, 3.05) is 6.54 Å². The Hall–Kier alpha value is -1.26. The minimum Gasteiger partial charge on any atom is -0.339 e. The average Bonchev–Trinajstić information content (AvgIpc) is 2.81. The van der Waals surface area contributed by atoms with Crippen molar-refractivity contribution < 1.29 is 0 Å². The van der Waals surface area contributed by atoms with E-state index in [1.807, 2.05) is 6.20 Å². The third-order valence-corrected chi connectivity index (χ3v) is 3.25. The summed E-state index contributed by atoms with van der Waals surface area (Å²) in [7, 11) is 0. The molecule has 0 aliphatic heterocycles. The fraction of sp³-hybridized carbons (Fsp3) is 0.250. The Labute approximate surface area is 99.7 Å². The Morgan fingerprint density at radius 3 is 3.00 bits per heavy atom. The normalized spacial score (nSPS) is 10.6. The fourth-order valence-corrected chi connectivity index (χ4v) is 2.29. The minimum atomic E-state index is 0.903. The van der Waals surface area contributed by atoms with Gasteiger partial charge in [0.15, 0.2) is 5.16 Å². The standard InChI is InChI=1S/C12H15N3S/c1-2-13-9-10-5-3-4-6-11(10)16-12-14-7-8-15-12/h3-8,13H,2,9H2,1H3,(H,14,15). The van der Waals surface area contributed by atoms with Crippen molar-refractivity contribution in [2.45, 2.75) is 23.5 Å². The summed E-state index contributed by atoms with van der Waals surface area (Å²) in [6, 6.07) is 8.40. The van der Waals surface area contributed by atoms with Crippen LogP contribution in [0.25, 0.3) is 0 Å². The Morgan fingerprint density at radius 1 is 1.38 bits per heavy atom. The van der Waals surface area contributed by atoms with E-state index in [1.54, 1.807) is 18.0 Å². The SMILES string of the molecule is CCNCc1ccccc1Sc1ncc[nH]1. The van der Waals surface area contributed by atoms with Gasteiger partial charge in [-0.1, -0.05) is 36.9 Å². The molecule has 2 aromatic rings. The van der Waals surface area contributed by atoms with Crippen LogP contribution in [0.4, 0.5) is 0 Å². The van der Waals surface area contributed by atoms with Crippen LogP contribution in [0.5, 0.6) is 0 Å². The van der Waals surface area contributed by atoms with Crippen molar-refractivity contribution in [1.82, 2.24) is 15.3 Å². The monoisotopic (exact) mass is 233 g/mol. The van der Waals surface area contributed by atoms with Crippen molar-refractivity contribution in [1.29, 1.82) is 0 Å². The number of H-pyrrole nitrogens is 1. The van der Waals surface area contributed by atoms with Crippen LogP contribution in [0, 0.1) is 0 Å². The molecule has 1 heterocycles. The summed E-state index contributed by atoms with van der Waals surface area (Å²) in [5.41, 5.74) is 1.31. The molecule has 1 aromatic heterocycles. The van der Waals surface area contributed by atoms with Crippen molar-refractivity contribution in [3.63, 3.8) is 0 Å². The van der Waals surface area contributed by atoms with Crippen LogP contribution in [-0.4, -0.2) is 16.5 Å². The molecule has 0 amide bonds. The van der Waals surface area contributed by atoms with Crippen LogP contribution in [-0.2, 0) is 6.54 Å². The molecule has 84 valence electrons. The maximum Gasteiger partial charge on any atom is 0.170 e. The van der Waals surface area contributed by atoms with Crippen LogP contribution in [0.3, 0.4) is 0 Å². The smallest absolute Gasteiger partial charge is 0.170 e. The van der Waals surface area contributed by atoms with Crippen LogP contribution in [0.2, 0.25) is 0 Å². The van der Waals surface area contributed by atoms with Gasteiger partial charge in [-0.2, -0.15) is 0 Å². The maximum absolute atomic E-state index is 4.22. The van der Waals surface area contributed by atoms with Crippen molar-refractivity contribution in [2.24, 2.45) is 0 Å². The van der Waals surface area contributed by atoms with Crippen LogP contribution >= 0.6 is 11.8 Å². The van der Waals surface area contributed by atoms with E-state index in [0.717, 1.165) is 18.2 Å². The van der Waals surface area contributed by atoms with Gasteiger partial charge >= 0.3 is 0 Å². The molecule has 0 radical (unpaired) electrons. The molecule has 0 spiro atoms. The fourth-order valence-electron chi connectivity index (χ4n) is 1.42. The lowest BCUT2D eigenvalue weighted by molar-refractivity contribution is 0.718. The molecule has 2 rings (SSSR count). The summed E-state index contributed by atoms with van der Waals surface area (Å²) in [6.07, 6.45) is 3.62. The number of aromatic nitrogens is 2. The molecule has 1 aromatic carbocycles. The number of benzene rings is 1. The Kier molecular flexibility index (Phi) is 4.02. The number of hydrogen-bond acceptors (Lipinski definition) is 3. The molecule has 2 N–H and O–H groups in total. The first-order valence-electron chi connectivity index (χ1n) is 5.36. The van der Waals surface area contributed by atoms with Gasteiger partial charge in [-0.3, -0.25) is 0 Å². The highest BCUT2D eigenvalue weighted by Crippen LogP contribution is 2.27. The van der Waals surface area contributed by atoms with Crippen molar-refractivity contribution >= 4 is 11.8 Å². The van der Waals surface area contributed by atoms with Gasteiger partial charge in [0.05, 0.1) is 0 Å². The summed E-state index contributed by atoms with van der Waals surface area (Å²) >= 11 is 1.66. The summed E-state index contributed by atoms with van der Waals surface area (Å²) in [5.74, 6) is 0. The Bertz CT molecular complexity index is 426. The number of nitrogens with zero attached hydrogens (tertiary/aromatic N) is 1. The highest BCUT2D eigenvalue weighted by Gasteiger charge is 2.04. The van der Waals surface area contributed by atoms with E-state index < -0.39 is 0 Å². The molecule has 0 bridgehead atoms. The summed E-state index contributed by atoms with van der Waals surface area (Å²) in [6.45, 7) is 4.00. The lowest BCUT2D eigenvalue weighted by Gasteiger charge is -2.07. The predicted molar refractivity (Wildman–Crippen MR) is 66.5 cm³/mol. The van der Waals surface area contributed by atoms with E-state index in [-0.39, 0.29) is 0 Å². The van der Waals surface area contributed by atoms with E-state index in [1.165, 1.54) is 10.5 Å². The van der Waals surface area contributed by atoms with Crippen molar-refractivity contribution in [3.05, 3.63) is 42.2 Å². The van der Waals surface area contributed by atoms with Gasteiger partial charge in [-0.25, -0.2) is 4.98 Å². The third kappa shape index (κ3) is 2.87. The second-order valence-corrected chi connectivity index (χ2v) is 4.42. The van der Waals surface area contributed by atoms with Gasteiger partial charge in [0.25, 0.3) is 0 Å². The number of hydrogen-bond donors (Lipinski definition) is 2. The number of aromatic amines is 1. The van der Waals surface area contributed by atoms with Crippen molar-refractivity contribution in [3.8, 4) is 0 Å². The van der Waals surface area contributed by atoms with E-state index >= 15 is 0 Å². The molecular weight excluding hydrogens is 218 g/mol. The molecule has 0 unspecified atom stereocenters. The topological polar surface area (TPSA) is 40.7 Å². The number of nitrogens with one attached hydrogen (secondary N) is 2. The predicted octanol–water partition coefficient (Wildman–Crippen LogP) is 2.67. The molecule has 4 heteroatoms. The average molecular weight is 233 g/mol. The van der Waals surface area contributed by atoms with Crippen LogP contribution in [0.15, 0.2) is 46.7 Å². The molecular formula is C12H15N3S. The van der Waals surface area contributed by atoms with Gasteiger partial charge in [-0.05, 0) is 18.2 Å². The highest BCUT2D eigenvalue weighted by molar-refractivity contribution is 7.99. The highest BCUT2D eigenvalue weighted by atomic mass is 32.2. The summed E-state index contributed by atoms with van der Waals surface area (Å²) in [5, 5.41) is 4.27. The first-order chi connectivity index (χ1) is 7.90. The van der Waals surface area contributed by atoms with Gasteiger partial charge in [0, 0.05) is 23.8 Å². The third-order valence-electron chi connectivity index (χ3n) is 2.22. The zero-order valence-electron chi connectivity index (χ0n) is 9.23. The molecule has 0 aliphatic rings. The lowest BCUT2D eigenvalue weighted by Crippen LogP contribution is -2.12. The molecule has 0 saturated heterocycles. The first kappa shape index (κ1) is 11.2. The van der Waals surface area contributed by atoms with E-state index in [4.69, 9.17) is 0 Å². The Balaban J connectivity index is 2.13. The van der Waals surface area contributed by atoms with Gasteiger partial charge < -0.3 is 10.3 Å². The number of rotatable bonds is 5. The van der Waals surface area contributed by atoms with Gasteiger partial charge in [-0.15, -0.1) is 0 Å². The quantitative estimate of drug-likeness (QED) is 0.834. The molecule has 0 saturated carbocycles. The number of imidazole rings is 1. The molecule has 3 nitrogen and oxygen atoms in total. The maximum atomic E-state index is 4.22. The Morgan fingerprint density at radius 2 is 2.25 bits per heavy atom. The summed E-state index contributed by atoms with van der Waals surface area (Å²) < 4.78 is 0. The molecule has 0 atom stereocenters. The van der Waals surface area contributed by atoms with Crippen LogP contribution in [0.1, 0.15) is 12.5 Å². The van der Waals surface area contributed by atoms with E-state index in [0.29, 0.717) is 0 Å². The molecule has 0 aliphatic carbocycles. The first-order valence-corrected chi connectivity index (χ1v) is 6.17.